The molecule has 0 aliphatic rings. The van der Waals surface area contributed by atoms with Crippen LogP contribution in [0.3, 0.4) is 0 Å². The quantitative estimate of drug-likeness (QED) is 0.805. The Labute approximate surface area is 93.6 Å². The fraction of sp³-hybridized carbons (Fsp3) is 0.364. The lowest BCUT2D eigenvalue weighted by Gasteiger charge is -2.06. The van der Waals surface area contributed by atoms with Crippen molar-refractivity contribution in [2.45, 2.75) is 12.5 Å². The minimum atomic E-state index is -0.135. The predicted octanol–water partition coefficient (Wildman–Crippen LogP) is 1.71. The van der Waals surface area contributed by atoms with Crippen LogP contribution in [0.25, 0.3) is 11.5 Å². The maximum absolute atomic E-state index is 5.94. The summed E-state index contributed by atoms with van der Waals surface area (Å²) in [6, 6.07) is 3.57. The summed E-state index contributed by atoms with van der Waals surface area (Å²) < 4.78 is 10.2. The molecule has 0 spiro atoms. The van der Waals surface area contributed by atoms with Crippen molar-refractivity contribution in [3.63, 3.8) is 0 Å². The second-order valence-electron chi connectivity index (χ2n) is 3.55. The normalized spacial score (nSPS) is 12.9. The number of nitrogens with one attached hydrogen (secondary N) is 1. The van der Waals surface area contributed by atoms with Crippen LogP contribution in [0.15, 0.2) is 29.0 Å². The van der Waals surface area contributed by atoms with E-state index in [-0.39, 0.29) is 6.04 Å². The SMILES string of the molecule is COCCC(N)c1ncc(-c2ccco2)[nH]1. The highest BCUT2D eigenvalue weighted by Gasteiger charge is 2.11. The van der Waals surface area contributed by atoms with E-state index in [1.165, 1.54) is 0 Å². The van der Waals surface area contributed by atoms with Crippen LogP contribution in [0.5, 0.6) is 0 Å². The molecule has 3 N–H and O–H groups in total. The molecule has 0 saturated carbocycles. The predicted molar refractivity (Wildman–Crippen MR) is 59.7 cm³/mol. The van der Waals surface area contributed by atoms with Crippen molar-refractivity contribution >= 4 is 0 Å². The zero-order valence-electron chi connectivity index (χ0n) is 9.14. The third-order valence-corrected chi connectivity index (χ3v) is 2.37. The van der Waals surface area contributed by atoms with Crippen LogP contribution in [0.4, 0.5) is 0 Å². The van der Waals surface area contributed by atoms with Gasteiger partial charge in [-0.1, -0.05) is 0 Å². The Morgan fingerprint density at radius 1 is 1.62 bits per heavy atom. The molecule has 0 aliphatic heterocycles. The lowest BCUT2D eigenvalue weighted by atomic mass is 10.2. The number of aromatic amines is 1. The van der Waals surface area contributed by atoms with Gasteiger partial charge in [0.15, 0.2) is 5.76 Å². The molecule has 0 bridgehead atoms. The molecular formula is C11H15N3O2. The largest absolute Gasteiger partial charge is 0.463 e. The first-order valence-electron chi connectivity index (χ1n) is 5.14. The molecule has 0 aliphatic carbocycles. The molecule has 0 aromatic carbocycles. The Hall–Kier alpha value is -1.59. The van der Waals surface area contributed by atoms with Crippen LogP contribution in [-0.4, -0.2) is 23.7 Å². The van der Waals surface area contributed by atoms with E-state index in [1.807, 2.05) is 12.1 Å². The van der Waals surface area contributed by atoms with Crippen LogP contribution >= 0.6 is 0 Å². The van der Waals surface area contributed by atoms with E-state index in [9.17, 15) is 0 Å². The summed E-state index contributed by atoms with van der Waals surface area (Å²) in [5.74, 6) is 1.51. The van der Waals surface area contributed by atoms with Crippen molar-refractivity contribution in [1.29, 1.82) is 0 Å². The first kappa shape index (κ1) is 10.9. The highest BCUT2D eigenvalue weighted by molar-refractivity contribution is 5.50. The van der Waals surface area contributed by atoms with Gasteiger partial charge in [-0.2, -0.15) is 0 Å². The molecule has 0 radical (unpaired) electrons. The lowest BCUT2D eigenvalue weighted by Crippen LogP contribution is -2.14. The molecule has 2 rings (SSSR count). The molecule has 0 saturated heterocycles. The standard InChI is InChI=1S/C11H15N3O2/c1-15-6-4-8(12)11-13-7-9(14-11)10-3-2-5-16-10/h2-3,5,7-8H,4,6,12H2,1H3,(H,13,14). The van der Waals surface area contributed by atoms with Crippen LogP contribution in [0, 0.1) is 0 Å². The molecule has 5 heteroatoms. The number of hydrogen-bond donors (Lipinski definition) is 2. The Balaban J connectivity index is 2.07. The molecule has 2 aromatic rings. The summed E-state index contributed by atoms with van der Waals surface area (Å²) in [6.07, 6.45) is 4.09. The second-order valence-corrected chi connectivity index (χ2v) is 3.55. The van der Waals surface area contributed by atoms with Crippen LogP contribution in [-0.2, 0) is 4.74 Å². The van der Waals surface area contributed by atoms with Gasteiger partial charge < -0.3 is 19.9 Å². The third kappa shape index (κ3) is 2.32. The van der Waals surface area contributed by atoms with Gasteiger partial charge in [0.05, 0.1) is 18.5 Å². The molecule has 2 aromatic heterocycles. The van der Waals surface area contributed by atoms with Crippen molar-refractivity contribution in [1.82, 2.24) is 9.97 Å². The molecule has 2 heterocycles. The highest BCUT2D eigenvalue weighted by Crippen LogP contribution is 2.19. The minimum Gasteiger partial charge on any atom is -0.463 e. The number of nitrogens with two attached hydrogens (primary N) is 1. The molecule has 0 fully saturated rings. The van der Waals surface area contributed by atoms with Gasteiger partial charge in [-0.05, 0) is 18.6 Å². The van der Waals surface area contributed by atoms with Gasteiger partial charge in [0, 0.05) is 13.7 Å². The van der Waals surface area contributed by atoms with E-state index >= 15 is 0 Å². The lowest BCUT2D eigenvalue weighted by molar-refractivity contribution is 0.187. The maximum Gasteiger partial charge on any atom is 0.151 e. The maximum atomic E-state index is 5.94. The van der Waals surface area contributed by atoms with Gasteiger partial charge in [-0.25, -0.2) is 4.98 Å². The van der Waals surface area contributed by atoms with Crippen molar-refractivity contribution < 1.29 is 9.15 Å². The van der Waals surface area contributed by atoms with Gasteiger partial charge in [0.1, 0.15) is 11.5 Å². The average molecular weight is 221 g/mol. The van der Waals surface area contributed by atoms with Crippen LogP contribution in [0.2, 0.25) is 0 Å². The number of H-pyrrole nitrogens is 1. The van der Waals surface area contributed by atoms with Crippen molar-refractivity contribution in [2.24, 2.45) is 5.73 Å². The fourth-order valence-corrected chi connectivity index (χ4v) is 1.46. The summed E-state index contributed by atoms with van der Waals surface area (Å²) in [7, 11) is 1.66. The van der Waals surface area contributed by atoms with Crippen LogP contribution < -0.4 is 5.73 Å². The minimum absolute atomic E-state index is 0.135. The van der Waals surface area contributed by atoms with Crippen LogP contribution in [0.1, 0.15) is 18.3 Å². The molecule has 0 amide bonds. The summed E-state index contributed by atoms with van der Waals surface area (Å²) in [6.45, 7) is 0.623. The Morgan fingerprint density at radius 2 is 2.50 bits per heavy atom. The first-order chi connectivity index (χ1) is 7.81. The van der Waals surface area contributed by atoms with E-state index in [1.54, 1.807) is 19.6 Å². The average Bonchev–Trinajstić information content (AvgIpc) is 2.94. The summed E-state index contributed by atoms with van der Waals surface area (Å²) in [4.78, 5) is 7.37. The van der Waals surface area contributed by atoms with Gasteiger partial charge in [0.2, 0.25) is 0 Å². The number of hydrogen-bond acceptors (Lipinski definition) is 4. The molecular weight excluding hydrogens is 206 g/mol. The molecule has 86 valence electrons. The smallest absolute Gasteiger partial charge is 0.151 e. The molecule has 5 nitrogen and oxygen atoms in total. The van der Waals surface area contributed by atoms with E-state index in [2.05, 4.69) is 9.97 Å². The number of rotatable bonds is 5. The molecule has 1 atom stereocenters. The first-order valence-corrected chi connectivity index (χ1v) is 5.14. The molecule has 1 unspecified atom stereocenters. The van der Waals surface area contributed by atoms with E-state index in [0.717, 1.165) is 23.7 Å². The van der Waals surface area contributed by atoms with Gasteiger partial charge >= 0.3 is 0 Å². The Bertz CT molecular complexity index is 422. The van der Waals surface area contributed by atoms with Gasteiger partial charge in [0.25, 0.3) is 0 Å². The summed E-state index contributed by atoms with van der Waals surface area (Å²) in [5, 5.41) is 0. The van der Waals surface area contributed by atoms with Gasteiger partial charge in [-0.15, -0.1) is 0 Å². The monoisotopic (exact) mass is 221 g/mol. The topological polar surface area (TPSA) is 77.1 Å². The third-order valence-electron chi connectivity index (χ3n) is 2.37. The van der Waals surface area contributed by atoms with E-state index in [4.69, 9.17) is 14.9 Å². The highest BCUT2D eigenvalue weighted by atomic mass is 16.5. The van der Waals surface area contributed by atoms with E-state index < -0.39 is 0 Å². The Kier molecular flexibility index (Phi) is 3.38. The summed E-state index contributed by atoms with van der Waals surface area (Å²) in [5.41, 5.74) is 6.78. The Morgan fingerprint density at radius 3 is 3.19 bits per heavy atom. The number of ether oxygens (including phenoxy) is 1. The van der Waals surface area contributed by atoms with E-state index in [0.29, 0.717) is 6.61 Å². The number of furan rings is 1. The van der Waals surface area contributed by atoms with Crippen molar-refractivity contribution in [3.05, 3.63) is 30.4 Å². The number of methoxy groups -OCH3 is 1. The molecule has 16 heavy (non-hydrogen) atoms. The number of imidazole rings is 1. The number of aromatic nitrogens is 2. The zero-order valence-corrected chi connectivity index (χ0v) is 9.14. The fourth-order valence-electron chi connectivity index (χ4n) is 1.46. The second kappa shape index (κ2) is 4.96. The number of nitrogens with zero attached hydrogens (tertiary/aromatic N) is 1. The summed E-state index contributed by atoms with van der Waals surface area (Å²) >= 11 is 0. The van der Waals surface area contributed by atoms with Gasteiger partial charge in [-0.3, -0.25) is 0 Å². The zero-order chi connectivity index (χ0) is 11.4. The van der Waals surface area contributed by atoms with Crippen molar-refractivity contribution in [2.75, 3.05) is 13.7 Å². The van der Waals surface area contributed by atoms with Crippen molar-refractivity contribution in [3.8, 4) is 11.5 Å².